The summed E-state index contributed by atoms with van der Waals surface area (Å²) < 4.78 is 6.71. The maximum atomic E-state index is 6.71. The fourth-order valence-corrected chi connectivity index (χ4v) is 6.32. The molecule has 0 unspecified atom stereocenters. The molecule has 1 saturated carbocycles. The Morgan fingerprint density at radius 1 is 0.800 bits per heavy atom. The summed E-state index contributed by atoms with van der Waals surface area (Å²) in [6.07, 6.45) is 5.54. The quantitative estimate of drug-likeness (QED) is 0.782. The van der Waals surface area contributed by atoms with E-state index in [-0.39, 0.29) is 0 Å². The molecule has 104 valence electrons. The SMILES string of the molecule is C[Si](OC1CCCC1)(c1ccccc1)c1ccccc1. The van der Waals surface area contributed by atoms with Gasteiger partial charge >= 0.3 is 0 Å². The molecular formula is C18H22OSi. The van der Waals surface area contributed by atoms with Gasteiger partial charge in [-0.15, -0.1) is 0 Å². The summed E-state index contributed by atoms with van der Waals surface area (Å²) in [4.78, 5) is 0. The van der Waals surface area contributed by atoms with Gasteiger partial charge in [0, 0.05) is 6.10 Å². The topological polar surface area (TPSA) is 9.23 Å². The minimum Gasteiger partial charge on any atom is -0.405 e. The fraction of sp³-hybridized carbons (Fsp3) is 0.333. The van der Waals surface area contributed by atoms with E-state index in [1.165, 1.54) is 36.1 Å². The molecular weight excluding hydrogens is 260 g/mol. The van der Waals surface area contributed by atoms with Gasteiger partial charge in [-0.3, -0.25) is 0 Å². The summed E-state index contributed by atoms with van der Waals surface area (Å²) in [6.45, 7) is 2.34. The van der Waals surface area contributed by atoms with E-state index < -0.39 is 8.32 Å². The molecule has 1 fully saturated rings. The fourth-order valence-electron chi connectivity index (χ4n) is 3.15. The zero-order valence-electron chi connectivity index (χ0n) is 12.1. The van der Waals surface area contributed by atoms with Crippen molar-refractivity contribution in [2.45, 2.75) is 38.3 Å². The van der Waals surface area contributed by atoms with Crippen molar-refractivity contribution >= 4 is 18.7 Å². The van der Waals surface area contributed by atoms with E-state index in [0.29, 0.717) is 6.10 Å². The van der Waals surface area contributed by atoms with Crippen LogP contribution in [-0.2, 0) is 4.43 Å². The molecule has 3 rings (SSSR count). The molecule has 1 aliphatic carbocycles. The number of benzene rings is 2. The third kappa shape index (κ3) is 2.72. The molecule has 0 aromatic heterocycles. The predicted molar refractivity (Wildman–Crippen MR) is 87.1 cm³/mol. The minimum absolute atomic E-state index is 0.451. The van der Waals surface area contributed by atoms with E-state index in [9.17, 15) is 0 Å². The second-order valence-electron chi connectivity index (χ2n) is 5.79. The van der Waals surface area contributed by atoms with Crippen molar-refractivity contribution in [2.24, 2.45) is 0 Å². The smallest absolute Gasteiger partial charge is 0.253 e. The van der Waals surface area contributed by atoms with E-state index >= 15 is 0 Å². The Morgan fingerprint density at radius 2 is 1.25 bits per heavy atom. The van der Waals surface area contributed by atoms with Crippen molar-refractivity contribution in [3.05, 3.63) is 60.7 Å². The molecule has 0 bridgehead atoms. The molecule has 1 aliphatic rings. The second kappa shape index (κ2) is 5.94. The van der Waals surface area contributed by atoms with Crippen LogP contribution in [0.3, 0.4) is 0 Å². The van der Waals surface area contributed by atoms with Crippen LogP contribution in [0.4, 0.5) is 0 Å². The summed E-state index contributed by atoms with van der Waals surface area (Å²) in [5, 5.41) is 2.75. The van der Waals surface area contributed by atoms with Gasteiger partial charge in [-0.2, -0.15) is 0 Å². The van der Waals surface area contributed by atoms with Crippen LogP contribution in [0.25, 0.3) is 0 Å². The maximum absolute atomic E-state index is 6.71. The van der Waals surface area contributed by atoms with Crippen molar-refractivity contribution in [3.63, 3.8) is 0 Å². The van der Waals surface area contributed by atoms with Gasteiger partial charge in [0.2, 0.25) is 0 Å². The van der Waals surface area contributed by atoms with Gasteiger partial charge in [0.1, 0.15) is 0 Å². The van der Waals surface area contributed by atoms with Crippen molar-refractivity contribution in [1.29, 1.82) is 0 Å². The lowest BCUT2D eigenvalue weighted by Gasteiger charge is -2.31. The normalized spacial score (nSPS) is 16.4. The summed E-state index contributed by atoms with van der Waals surface area (Å²) in [6, 6.07) is 21.6. The third-order valence-corrected chi connectivity index (χ3v) is 8.03. The molecule has 0 saturated heterocycles. The summed E-state index contributed by atoms with van der Waals surface area (Å²) in [7, 11) is -2.07. The number of rotatable bonds is 4. The Bertz CT molecular complexity index is 492. The highest BCUT2D eigenvalue weighted by Crippen LogP contribution is 2.24. The highest BCUT2D eigenvalue weighted by atomic mass is 28.4. The van der Waals surface area contributed by atoms with Gasteiger partial charge in [0.05, 0.1) is 0 Å². The van der Waals surface area contributed by atoms with Gasteiger partial charge in [-0.05, 0) is 29.8 Å². The first kappa shape index (κ1) is 13.6. The monoisotopic (exact) mass is 282 g/mol. The van der Waals surface area contributed by atoms with Crippen LogP contribution in [-0.4, -0.2) is 14.4 Å². The predicted octanol–water partition coefficient (Wildman–Crippen LogP) is 3.34. The lowest BCUT2D eigenvalue weighted by atomic mass is 10.3. The lowest BCUT2D eigenvalue weighted by Crippen LogP contribution is -2.59. The van der Waals surface area contributed by atoms with E-state index in [4.69, 9.17) is 4.43 Å². The van der Waals surface area contributed by atoms with E-state index in [1.54, 1.807) is 0 Å². The van der Waals surface area contributed by atoms with Gasteiger partial charge in [0.15, 0.2) is 0 Å². The Balaban J connectivity index is 1.98. The first-order valence-electron chi connectivity index (χ1n) is 7.58. The van der Waals surface area contributed by atoms with Gasteiger partial charge in [-0.25, -0.2) is 0 Å². The van der Waals surface area contributed by atoms with Crippen LogP contribution >= 0.6 is 0 Å². The van der Waals surface area contributed by atoms with Gasteiger partial charge < -0.3 is 4.43 Å². The molecule has 1 nitrogen and oxygen atoms in total. The molecule has 0 N–H and O–H groups in total. The molecule has 0 heterocycles. The lowest BCUT2D eigenvalue weighted by molar-refractivity contribution is 0.208. The zero-order chi connectivity index (χ0) is 13.8. The molecule has 0 radical (unpaired) electrons. The zero-order valence-corrected chi connectivity index (χ0v) is 13.1. The molecule has 2 aromatic carbocycles. The highest BCUT2D eigenvalue weighted by molar-refractivity contribution is 6.96. The Labute approximate surface area is 122 Å². The summed E-state index contributed by atoms with van der Waals surface area (Å²) >= 11 is 0. The molecule has 0 spiro atoms. The van der Waals surface area contributed by atoms with Gasteiger partial charge in [-0.1, -0.05) is 73.5 Å². The molecule has 2 heteroatoms. The highest BCUT2D eigenvalue weighted by Gasteiger charge is 2.37. The van der Waals surface area contributed by atoms with Crippen LogP contribution in [0.15, 0.2) is 60.7 Å². The second-order valence-corrected chi connectivity index (χ2v) is 9.25. The minimum atomic E-state index is -2.07. The van der Waals surface area contributed by atoms with Crippen molar-refractivity contribution in [2.75, 3.05) is 0 Å². The first-order valence-corrected chi connectivity index (χ1v) is 9.99. The summed E-state index contributed by atoms with van der Waals surface area (Å²) in [5.41, 5.74) is 0. The van der Waals surface area contributed by atoms with Crippen molar-refractivity contribution < 1.29 is 4.43 Å². The Hall–Kier alpha value is -1.38. The maximum Gasteiger partial charge on any atom is 0.253 e. The molecule has 0 atom stereocenters. The van der Waals surface area contributed by atoms with E-state index in [1.807, 2.05) is 0 Å². The summed E-state index contributed by atoms with van der Waals surface area (Å²) in [5.74, 6) is 0. The van der Waals surface area contributed by atoms with Crippen molar-refractivity contribution in [3.8, 4) is 0 Å². The third-order valence-electron chi connectivity index (χ3n) is 4.35. The average Bonchev–Trinajstić information content (AvgIpc) is 3.02. The van der Waals surface area contributed by atoms with E-state index in [2.05, 4.69) is 67.2 Å². The van der Waals surface area contributed by atoms with Crippen LogP contribution in [0.5, 0.6) is 0 Å². The standard InChI is InChI=1S/C18H22OSi/c1-20(17-12-4-2-5-13-17,18-14-6-3-7-15-18)19-16-10-8-9-11-16/h2-7,12-16H,8-11H2,1H3. The van der Waals surface area contributed by atoms with E-state index in [0.717, 1.165) is 0 Å². The molecule has 0 aliphatic heterocycles. The van der Waals surface area contributed by atoms with Crippen LogP contribution < -0.4 is 10.4 Å². The number of hydrogen-bond donors (Lipinski definition) is 0. The molecule has 20 heavy (non-hydrogen) atoms. The molecule has 0 amide bonds. The average molecular weight is 282 g/mol. The van der Waals surface area contributed by atoms with Crippen LogP contribution in [0.2, 0.25) is 6.55 Å². The number of hydrogen-bond acceptors (Lipinski definition) is 1. The molecule has 2 aromatic rings. The van der Waals surface area contributed by atoms with Crippen LogP contribution in [0, 0.1) is 0 Å². The van der Waals surface area contributed by atoms with Crippen molar-refractivity contribution in [1.82, 2.24) is 0 Å². The first-order chi connectivity index (χ1) is 9.79. The van der Waals surface area contributed by atoms with Gasteiger partial charge in [0.25, 0.3) is 8.32 Å². The largest absolute Gasteiger partial charge is 0.405 e. The Morgan fingerprint density at radius 3 is 1.70 bits per heavy atom. The Kier molecular flexibility index (Phi) is 4.04. The van der Waals surface area contributed by atoms with Crippen LogP contribution in [0.1, 0.15) is 25.7 Å².